The zero-order valence-electron chi connectivity index (χ0n) is 15.4. The molecule has 0 aliphatic rings. The lowest BCUT2D eigenvalue weighted by Gasteiger charge is -2.18. The average molecular weight is 410 g/mol. The van der Waals surface area contributed by atoms with E-state index in [0.717, 1.165) is 16.4 Å². The van der Waals surface area contributed by atoms with Gasteiger partial charge in [0.25, 0.3) is 0 Å². The first-order valence-electron chi connectivity index (χ1n) is 7.97. The number of methoxy groups -OCH3 is 2. The quantitative estimate of drug-likeness (QED) is 0.700. The van der Waals surface area contributed by atoms with Crippen molar-refractivity contribution in [2.75, 3.05) is 33.1 Å². The number of rotatable bonds is 7. The summed E-state index contributed by atoms with van der Waals surface area (Å²) in [5, 5.41) is 2.52. The largest absolute Gasteiger partial charge is 0.495 e. The fourth-order valence-corrected chi connectivity index (χ4v) is 3.61. The standard InChI is InChI=1S/C18H19FN2O6S/c1-21(28(24,25)16-10-13(19)6-9-15(16)26-2)11-17(22)20-14-7-4-12(5-8-14)18(23)27-3/h4-10H,11H2,1-3H3,(H,20,22). The van der Waals surface area contributed by atoms with Gasteiger partial charge in [-0.25, -0.2) is 17.6 Å². The molecule has 0 bridgehead atoms. The molecular weight excluding hydrogens is 391 g/mol. The van der Waals surface area contributed by atoms with Crippen molar-refractivity contribution >= 4 is 27.6 Å². The number of amides is 1. The molecule has 0 unspecified atom stereocenters. The topological polar surface area (TPSA) is 102 Å². The minimum absolute atomic E-state index is 0.0351. The van der Waals surface area contributed by atoms with Gasteiger partial charge in [0.05, 0.1) is 26.3 Å². The van der Waals surface area contributed by atoms with E-state index < -0.39 is 34.3 Å². The molecular formula is C18H19FN2O6S. The molecule has 2 rings (SSSR count). The van der Waals surface area contributed by atoms with Crippen LogP contribution in [0.1, 0.15) is 10.4 Å². The first-order chi connectivity index (χ1) is 13.2. The zero-order chi connectivity index (χ0) is 20.9. The Labute approximate surface area is 161 Å². The van der Waals surface area contributed by atoms with E-state index in [9.17, 15) is 22.4 Å². The summed E-state index contributed by atoms with van der Waals surface area (Å²) in [6.45, 7) is -0.513. The first kappa shape index (κ1) is 21.3. The van der Waals surface area contributed by atoms with Crippen LogP contribution < -0.4 is 10.1 Å². The van der Waals surface area contributed by atoms with Crippen molar-refractivity contribution in [1.82, 2.24) is 4.31 Å². The molecule has 0 fully saturated rings. The van der Waals surface area contributed by atoms with Crippen LogP contribution in [-0.2, 0) is 19.6 Å². The normalized spacial score (nSPS) is 11.2. The van der Waals surface area contributed by atoms with Crippen LogP contribution in [0, 0.1) is 5.82 Å². The van der Waals surface area contributed by atoms with Crippen LogP contribution in [0.3, 0.4) is 0 Å². The van der Waals surface area contributed by atoms with Crippen molar-refractivity contribution in [3.8, 4) is 5.75 Å². The molecule has 10 heteroatoms. The molecule has 2 aromatic carbocycles. The predicted molar refractivity (Wildman–Crippen MR) is 99.2 cm³/mol. The maximum Gasteiger partial charge on any atom is 0.337 e. The highest BCUT2D eigenvalue weighted by molar-refractivity contribution is 7.89. The molecule has 0 saturated heterocycles. The van der Waals surface area contributed by atoms with Crippen LogP contribution in [0.5, 0.6) is 5.75 Å². The summed E-state index contributed by atoms with van der Waals surface area (Å²) in [7, 11) is -0.460. The predicted octanol–water partition coefficient (Wildman–Crippen LogP) is 1.88. The van der Waals surface area contributed by atoms with Gasteiger partial charge in [-0.2, -0.15) is 4.31 Å². The summed E-state index contributed by atoms with van der Waals surface area (Å²) >= 11 is 0. The second kappa shape index (κ2) is 8.81. The van der Waals surface area contributed by atoms with Crippen molar-refractivity contribution in [1.29, 1.82) is 0 Å². The number of halogens is 1. The molecule has 0 saturated carbocycles. The van der Waals surface area contributed by atoms with Gasteiger partial charge in [-0.15, -0.1) is 0 Å². The van der Waals surface area contributed by atoms with Crippen molar-refractivity contribution in [2.45, 2.75) is 4.90 Å². The molecule has 0 atom stereocenters. The zero-order valence-corrected chi connectivity index (χ0v) is 16.2. The van der Waals surface area contributed by atoms with E-state index in [1.54, 1.807) is 0 Å². The van der Waals surface area contributed by atoms with E-state index >= 15 is 0 Å². The lowest BCUT2D eigenvalue weighted by atomic mass is 10.2. The van der Waals surface area contributed by atoms with E-state index in [4.69, 9.17) is 4.74 Å². The van der Waals surface area contributed by atoms with Gasteiger partial charge in [0, 0.05) is 12.7 Å². The average Bonchev–Trinajstić information content (AvgIpc) is 2.67. The molecule has 0 spiro atoms. The SMILES string of the molecule is COC(=O)c1ccc(NC(=O)CN(C)S(=O)(=O)c2cc(F)ccc2OC)cc1. The number of nitrogens with zero attached hydrogens (tertiary/aromatic N) is 1. The molecule has 0 heterocycles. The number of anilines is 1. The molecule has 0 aliphatic carbocycles. The van der Waals surface area contributed by atoms with Gasteiger partial charge in [0.2, 0.25) is 15.9 Å². The number of hydrogen-bond donors (Lipinski definition) is 1. The highest BCUT2D eigenvalue weighted by Crippen LogP contribution is 2.26. The van der Waals surface area contributed by atoms with E-state index in [1.807, 2.05) is 0 Å². The number of sulfonamides is 1. The minimum atomic E-state index is -4.17. The first-order valence-corrected chi connectivity index (χ1v) is 9.41. The van der Waals surface area contributed by atoms with Crippen molar-refractivity contribution in [3.05, 3.63) is 53.8 Å². The smallest absolute Gasteiger partial charge is 0.337 e. The van der Waals surface area contributed by atoms with Crippen molar-refractivity contribution in [2.24, 2.45) is 0 Å². The maximum absolute atomic E-state index is 13.5. The number of benzene rings is 2. The monoisotopic (exact) mass is 410 g/mol. The fourth-order valence-electron chi connectivity index (χ4n) is 2.32. The van der Waals surface area contributed by atoms with Crippen molar-refractivity contribution < 1.29 is 31.9 Å². The molecule has 0 aliphatic heterocycles. The van der Waals surface area contributed by atoms with E-state index in [1.165, 1.54) is 51.6 Å². The fraction of sp³-hybridized carbons (Fsp3) is 0.222. The third kappa shape index (κ3) is 4.84. The third-order valence-corrected chi connectivity index (χ3v) is 5.59. The molecule has 0 radical (unpaired) electrons. The Balaban J connectivity index is 2.11. The molecule has 28 heavy (non-hydrogen) atoms. The van der Waals surface area contributed by atoms with Crippen LogP contribution in [0.15, 0.2) is 47.4 Å². The van der Waals surface area contributed by atoms with Gasteiger partial charge in [-0.3, -0.25) is 4.79 Å². The number of hydrogen-bond acceptors (Lipinski definition) is 6. The summed E-state index contributed by atoms with van der Waals surface area (Å²) in [4.78, 5) is 23.2. The number of carbonyl (C=O) groups is 2. The molecule has 8 nitrogen and oxygen atoms in total. The van der Waals surface area contributed by atoms with Crippen LogP contribution in [0.2, 0.25) is 0 Å². The van der Waals surface area contributed by atoms with Gasteiger partial charge in [-0.05, 0) is 42.5 Å². The maximum atomic E-state index is 13.5. The second-order valence-electron chi connectivity index (χ2n) is 5.67. The summed E-state index contributed by atoms with van der Waals surface area (Å²) < 4.78 is 49.1. The number of ether oxygens (including phenoxy) is 2. The molecule has 1 amide bonds. The van der Waals surface area contributed by atoms with Crippen LogP contribution >= 0.6 is 0 Å². The Morgan fingerprint density at radius 3 is 2.32 bits per heavy atom. The second-order valence-corrected chi connectivity index (χ2v) is 7.69. The van der Waals surface area contributed by atoms with E-state index in [0.29, 0.717) is 11.3 Å². The van der Waals surface area contributed by atoms with Crippen molar-refractivity contribution in [3.63, 3.8) is 0 Å². The van der Waals surface area contributed by atoms with Gasteiger partial charge < -0.3 is 14.8 Å². The number of carbonyl (C=O) groups excluding carboxylic acids is 2. The summed E-state index contributed by atoms with van der Waals surface area (Å²) in [5.41, 5.74) is 0.671. The summed E-state index contributed by atoms with van der Waals surface area (Å²) in [6, 6.07) is 8.97. The summed E-state index contributed by atoms with van der Waals surface area (Å²) in [6.07, 6.45) is 0. The molecule has 0 aromatic heterocycles. The molecule has 2 aromatic rings. The lowest BCUT2D eigenvalue weighted by Crippen LogP contribution is -2.35. The Kier molecular flexibility index (Phi) is 6.71. The van der Waals surface area contributed by atoms with Crippen LogP contribution in [0.25, 0.3) is 0 Å². The number of esters is 1. The minimum Gasteiger partial charge on any atom is -0.495 e. The van der Waals surface area contributed by atoms with Crippen LogP contribution in [0.4, 0.5) is 10.1 Å². The van der Waals surface area contributed by atoms with Gasteiger partial charge in [0.15, 0.2) is 0 Å². The van der Waals surface area contributed by atoms with Crippen LogP contribution in [-0.4, -0.2) is 52.4 Å². The number of nitrogens with one attached hydrogen (secondary N) is 1. The third-order valence-electron chi connectivity index (χ3n) is 3.77. The Morgan fingerprint density at radius 1 is 1.11 bits per heavy atom. The van der Waals surface area contributed by atoms with Gasteiger partial charge in [-0.1, -0.05) is 0 Å². The van der Waals surface area contributed by atoms with Gasteiger partial charge in [0.1, 0.15) is 16.5 Å². The highest BCUT2D eigenvalue weighted by Gasteiger charge is 2.27. The Morgan fingerprint density at radius 2 is 1.75 bits per heavy atom. The molecule has 150 valence electrons. The Bertz CT molecular complexity index is 976. The van der Waals surface area contributed by atoms with Gasteiger partial charge >= 0.3 is 5.97 Å². The lowest BCUT2D eigenvalue weighted by molar-refractivity contribution is -0.116. The Hall–Kier alpha value is -2.98. The molecule has 1 N–H and O–H groups in total. The number of likely N-dealkylation sites (N-methyl/N-ethyl adjacent to an activating group) is 1. The van der Waals surface area contributed by atoms with E-state index in [2.05, 4.69) is 10.1 Å². The summed E-state index contributed by atoms with van der Waals surface area (Å²) in [5.74, 6) is -1.92. The highest BCUT2D eigenvalue weighted by atomic mass is 32.2. The van der Waals surface area contributed by atoms with E-state index in [-0.39, 0.29) is 10.6 Å².